The number of hydrogen-bond acceptors (Lipinski definition) is 3. The van der Waals surface area contributed by atoms with Crippen LogP contribution in [0, 0.1) is 11.7 Å². The maximum absolute atomic E-state index is 13.0. The molecular weight excluding hydrogens is 321 g/mol. The first-order valence-electron chi connectivity index (χ1n) is 8.44. The molecule has 0 aromatic heterocycles. The summed E-state index contributed by atoms with van der Waals surface area (Å²) in [7, 11) is 1.69. The zero-order chi connectivity index (χ0) is 17.8. The number of carbonyl (C=O) groups excluding carboxylic acids is 1. The lowest BCUT2D eigenvalue weighted by molar-refractivity contribution is 0.0641. The van der Waals surface area contributed by atoms with Gasteiger partial charge in [-0.1, -0.05) is 24.3 Å². The Bertz CT molecular complexity index is 728. The molecule has 1 saturated carbocycles. The van der Waals surface area contributed by atoms with Crippen LogP contribution in [0.2, 0.25) is 0 Å². The highest BCUT2D eigenvalue weighted by Crippen LogP contribution is 2.33. The van der Waals surface area contributed by atoms with Crippen molar-refractivity contribution >= 4 is 5.91 Å². The normalized spacial score (nSPS) is 14.8. The van der Waals surface area contributed by atoms with E-state index in [0.717, 1.165) is 18.4 Å². The van der Waals surface area contributed by atoms with E-state index in [9.17, 15) is 14.3 Å². The molecule has 5 heteroatoms. The van der Waals surface area contributed by atoms with Crippen LogP contribution in [0.15, 0.2) is 48.5 Å². The van der Waals surface area contributed by atoms with E-state index in [0.29, 0.717) is 23.8 Å². The van der Waals surface area contributed by atoms with E-state index >= 15 is 0 Å². The van der Waals surface area contributed by atoms with Crippen LogP contribution in [0.4, 0.5) is 4.39 Å². The lowest BCUT2D eigenvalue weighted by Gasteiger charge is -2.22. The molecule has 2 aromatic carbocycles. The highest BCUT2D eigenvalue weighted by molar-refractivity contribution is 5.96. The number of para-hydroxylation sites is 1. The van der Waals surface area contributed by atoms with Gasteiger partial charge in [0.25, 0.3) is 5.91 Å². The number of amides is 1. The first-order valence-corrected chi connectivity index (χ1v) is 8.44. The van der Waals surface area contributed by atoms with Gasteiger partial charge in [0.2, 0.25) is 0 Å². The van der Waals surface area contributed by atoms with Crippen LogP contribution < -0.4 is 4.74 Å². The quantitative estimate of drug-likeness (QED) is 0.840. The molecule has 0 heterocycles. The van der Waals surface area contributed by atoms with E-state index in [2.05, 4.69) is 0 Å². The number of halogens is 1. The van der Waals surface area contributed by atoms with Gasteiger partial charge in [0.15, 0.2) is 0 Å². The van der Waals surface area contributed by atoms with Crippen molar-refractivity contribution < 1.29 is 19.0 Å². The average Bonchev–Trinajstić information content (AvgIpc) is 3.46. The van der Waals surface area contributed by atoms with Gasteiger partial charge in [0.05, 0.1) is 11.7 Å². The first kappa shape index (κ1) is 17.4. The summed E-state index contributed by atoms with van der Waals surface area (Å²) in [5, 5.41) is 10.0. The Morgan fingerprint density at radius 3 is 2.60 bits per heavy atom. The third-order valence-corrected chi connectivity index (χ3v) is 4.40. The van der Waals surface area contributed by atoms with Gasteiger partial charge in [-0.25, -0.2) is 4.39 Å². The maximum Gasteiger partial charge on any atom is 0.257 e. The smallest absolute Gasteiger partial charge is 0.257 e. The molecule has 0 bridgehead atoms. The predicted molar refractivity (Wildman–Crippen MR) is 92.9 cm³/mol. The number of aliphatic hydroxyl groups excluding tert-OH is 1. The summed E-state index contributed by atoms with van der Waals surface area (Å²) in [6, 6.07) is 13.1. The molecule has 0 aliphatic heterocycles. The van der Waals surface area contributed by atoms with Crippen molar-refractivity contribution in [1.82, 2.24) is 4.90 Å². The Hall–Kier alpha value is -2.40. The molecule has 1 fully saturated rings. The summed E-state index contributed by atoms with van der Waals surface area (Å²) < 4.78 is 18.7. The lowest BCUT2D eigenvalue weighted by Crippen LogP contribution is -2.35. The van der Waals surface area contributed by atoms with Crippen molar-refractivity contribution in [3.63, 3.8) is 0 Å². The highest BCUT2D eigenvalue weighted by atomic mass is 19.1. The zero-order valence-electron chi connectivity index (χ0n) is 14.2. The van der Waals surface area contributed by atoms with E-state index in [1.54, 1.807) is 43.4 Å². The standard InChI is InChI=1S/C20H22FNO3/c1-22(12-18(23)15-8-9-15)20(24)17-4-2-3-5-19(17)25-13-14-6-10-16(21)11-7-14/h2-7,10-11,15,18,23H,8-9,12-13H2,1H3. The second kappa shape index (κ2) is 7.66. The summed E-state index contributed by atoms with van der Waals surface area (Å²) in [6.07, 6.45) is 1.59. The molecule has 0 radical (unpaired) electrons. The minimum absolute atomic E-state index is 0.186. The predicted octanol–water partition coefficient (Wildman–Crippen LogP) is 3.25. The van der Waals surface area contributed by atoms with Crippen molar-refractivity contribution in [2.75, 3.05) is 13.6 Å². The molecule has 25 heavy (non-hydrogen) atoms. The Morgan fingerprint density at radius 2 is 1.92 bits per heavy atom. The Morgan fingerprint density at radius 1 is 1.24 bits per heavy atom. The largest absolute Gasteiger partial charge is 0.488 e. The van der Waals surface area contributed by atoms with E-state index in [1.165, 1.54) is 17.0 Å². The van der Waals surface area contributed by atoms with Gasteiger partial charge in [-0.05, 0) is 48.6 Å². The average molecular weight is 343 g/mol. The van der Waals surface area contributed by atoms with Crippen LogP contribution >= 0.6 is 0 Å². The second-order valence-corrected chi connectivity index (χ2v) is 6.50. The van der Waals surface area contributed by atoms with Gasteiger partial charge in [0, 0.05) is 13.6 Å². The summed E-state index contributed by atoms with van der Waals surface area (Å²) in [4.78, 5) is 14.2. The fourth-order valence-corrected chi connectivity index (χ4v) is 2.71. The molecule has 1 N–H and O–H groups in total. The molecule has 1 aliphatic carbocycles. The fourth-order valence-electron chi connectivity index (χ4n) is 2.71. The van der Waals surface area contributed by atoms with Crippen LogP contribution in [0.3, 0.4) is 0 Å². The van der Waals surface area contributed by atoms with E-state index in [1.807, 2.05) is 0 Å². The van der Waals surface area contributed by atoms with E-state index < -0.39 is 6.10 Å². The monoisotopic (exact) mass is 343 g/mol. The molecule has 0 saturated heterocycles. The van der Waals surface area contributed by atoms with Gasteiger partial charge >= 0.3 is 0 Å². The molecule has 132 valence electrons. The molecule has 1 aliphatic rings. The Labute approximate surface area is 146 Å². The van der Waals surface area contributed by atoms with Crippen LogP contribution in [0.25, 0.3) is 0 Å². The third-order valence-electron chi connectivity index (χ3n) is 4.40. The minimum atomic E-state index is -0.471. The number of carbonyl (C=O) groups is 1. The van der Waals surface area contributed by atoms with Crippen molar-refractivity contribution in [3.05, 3.63) is 65.5 Å². The number of hydrogen-bond donors (Lipinski definition) is 1. The van der Waals surface area contributed by atoms with Gasteiger partial charge in [-0.15, -0.1) is 0 Å². The van der Waals surface area contributed by atoms with Crippen LogP contribution in [0.1, 0.15) is 28.8 Å². The van der Waals surface area contributed by atoms with Crippen LogP contribution in [0.5, 0.6) is 5.75 Å². The SMILES string of the molecule is CN(CC(O)C1CC1)C(=O)c1ccccc1OCc1ccc(F)cc1. The van der Waals surface area contributed by atoms with Gasteiger partial charge < -0.3 is 14.7 Å². The molecule has 4 nitrogen and oxygen atoms in total. The number of likely N-dealkylation sites (N-methyl/N-ethyl adjacent to an activating group) is 1. The molecule has 3 rings (SSSR count). The summed E-state index contributed by atoms with van der Waals surface area (Å²) in [5.74, 6) is 0.314. The molecule has 1 atom stereocenters. The topological polar surface area (TPSA) is 49.8 Å². The Balaban J connectivity index is 1.66. The zero-order valence-corrected chi connectivity index (χ0v) is 14.2. The van der Waals surface area contributed by atoms with E-state index in [4.69, 9.17) is 4.74 Å². The van der Waals surface area contributed by atoms with Crippen molar-refractivity contribution in [1.29, 1.82) is 0 Å². The van der Waals surface area contributed by atoms with Crippen molar-refractivity contribution in [3.8, 4) is 5.75 Å². The third kappa shape index (κ3) is 4.57. The molecule has 2 aromatic rings. The molecule has 1 amide bonds. The summed E-state index contributed by atoms with van der Waals surface area (Å²) >= 11 is 0. The van der Waals surface area contributed by atoms with Gasteiger partial charge in [-0.3, -0.25) is 4.79 Å². The van der Waals surface area contributed by atoms with Crippen LogP contribution in [-0.4, -0.2) is 35.6 Å². The number of rotatable bonds is 7. The summed E-state index contributed by atoms with van der Waals surface area (Å²) in [5.41, 5.74) is 1.27. The minimum Gasteiger partial charge on any atom is -0.488 e. The maximum atomic E-state index is 13.0. The molecule has 0 spiro atoms. The summed E-state index contributed by atoms with van der Waals surface area (Å²) in [6.45, 7) is 0.564. The lowest BCUT2D eigenvalue weighted by atomic mass is 10.1. The van der Waals surface area contributed by atoms with Crippen molar-refractivity contribution in [2.45, 2.75) is 25.6 Å². The Kier molecular flexibility index (Phi) is 5.34. The number of ether oxygens (including phenoxy) is 1. The number of nitrogens with zero attached hydrogens (tertiary/aromatic N) is 1. The van der Waals surface area contributed by atoms with E-state index in [-0.39, 0.29) is 18.3 Å². The first-order chi connectivity index (χ1) is 12.0. The van der Waals surface area contributed by atoms with Crippen molar-refractivity contribution in [2.24, 2.45) is 5.92 Å². The van der Waals surface area contributed by atoms with Gasteiger partial charge in [-0.2, -0.15) is 0 Å². The molecular formula is C20H22FNO3. The van der Waals surface area contributed by atoms with Crippen LogP contribution in [-0.2, 0) is 6.61 Å². The molecule has 1 unspecified atom stereocenters. The number of aliphatic hydroxyl groups is 1. The second-order valence-electron chi connectivity index (χ2n) is 6.50. The fraction of sp³-hybridized carbons (Fsp3) is 0.350. The number of benzene rings is 2. The van der Waals surface area contributed by atoms with Gasteiger partial charge in [0.1, 0.15) is 18.2 Å². The highest BCUT2D eigenvalue weighted by Gasteiger charge is 2.31.